The summed E-state index contributed by atoms with van der Waals surface area (Å²) >= 11 is 0. The topological polar surface area (TPSA) is 56.4 Å². The number of nitrogens with zero attached hydrogens (tertiary/aromatic N) is 6. The highest BCUT2D eigenvalue weighted by Crippen LogP contribution is 2.46. The molecule has 14 rings (SSSR count). The quantitative estimate of drug-likeness (QED) is 0.173. The Hall–Kier alpha value is -9.18. The lowest BCUT2D eigenvalue weighted by atomic mass is 10.00. The molecular formula is C60H36N6. The average Bonchev–Trinajstić information content (AvgIpc) is 4.11. The fourth-order valence-electron chi connectivity index (χ4n) is 11.1. The normalized spacial score (nSPS) is 11.9. The lowest BCUT2D eigenvalue weighted by Crippen LogP contribution is -2.04. The first-order valence-corrected chi connectivity index (χ1v) is 22.3. The molecule has 0 saturated heterocycles. The molecule has 0 spiro atoms. The Morgan fingerprint density at radius 1 is 0.333 bits per heavy atom. The molecule has 6 nitrogen and oxygen atoms in total. The van der Waals surface area contributed by atoms with Crippen molar-refractivity contribution >= 4 is 87.2 Å². The van der Waals surface area contributed by atoms with Crippen molar-refractivity contribution in [2.24, 2.45) is 0 Å². The summed E-state index contributed by atoms with van der Waals surface area (Å²) in [5.41, 5.74) is 14.9. The van der Waals surface area contributed by atoms with Gasteiger partial charge in [-0.2, -0.15) is 5.26 Å². The minimum absolute atomic E-state index is 0.546. The molecule has 0 aliphatic carbocycles. The maximum Gasteiger partial charge on any atom is 0.0999 e. The number of fused-ring (bicyclic) bond motifs is 14. The molecule has 0 atom stereocenters. The number of nitriles is 1. The molecule has 0 radical (unpaired) electrons. The van der Waals surface area contributed by atoms with Crippen LogP contribution in [0.15, 0.2) is 219 Å². The third kappa shape index (κ3) is 4.91. The fraction of sp³-hybridized carbons (Fsp3) is 0. The average molecular weight is 841 g/mol. The van der Waals surface area contributed by atoms with E-state index in [1.807, 2.05) is 24.4 Å². The van der Waals surface area contributed by atoms with Gasteiger partial charge in [0.05, 0.1) is 72.8 Å². The van der Waals surface area contributed by atoms with Gasteiger partial charge in [-0.05, 0) is 84.9 Å². The number of hydrogen-bond acceptors (Lipinski definition) is 2. The molecular weight excluding hydrogens is 805 g/mol. The van der Waals surface area contributed by atoms with E-state index in [0.29, 0.717) is 5.56 Å². The van der Waals surface area contributed by atoms with Gasteiger partial charge in [-0.15, -0.1) is 0 Å². The molecule has 9 aromatic carbocycles. The summed E-state index contributed by atoms with van der Waals surface area (Å²) < 4.78 is 9.52. The zero-order valence-corrected chi connectivity index (χ0v) is 35.5. The van der Waals surface area contributed by atoms with Crippen molar-refractivity contribution in [3.8, 4) is 40.1 Å². The van der Waals surface area contributed by atoms with Crippen LogP contribution in [0, 0.1) is 11.3 Å². The van der Waals surface area contributed by atoms with Gasteiger partial charge in [0.2, 0.25) is 0 Å². The lowest BCUT2D eigenvalue weighted by Gasteiger charge is -2.18. The highest BCUT2D eigenvalue weighted by atomic mass is 15.0. The SMILES string of the molecule is N#Cc1cccc(-n2c3ccccc3c3c2ccc2c4ccccc4n(-c4ccccc4)c23)c1-c1ncccc1-n1c2ccccc2c2c1ccc1c3ccccc3n(-c3ccccc3)c12. The monoisotopic (exact) mass is 840 g/mol. The van der Waals surface area contributed by atoms with E-state index in [1.165, 1.54) is 21.5 Å². The number of rotatable bonds is 5. The van der Waals surface area contributed by atoms with Crippen LogP contribution >= 0.6 is 0 Å². The van der Waals surface area contributed by atoms with E-state index < -0.39 is 0 Å². The van der Waals surface area contributed by atoms with E-state index in [-0.39, 0.29) is 0 Å². The molecule has 0 fully saturated rings. The van der Waals surface area contributed by atoms with Crippen molar-refractivity contribution in [3.05, 3.63) is 224 Å². The largest absolute Gasteiger partial charge is 0.309 e. The van der Waals surface area contributed by atoms with Crippen LogP contribution in [0.5, 0.6) is 0 Å². The predicted molar refractivity (Wildman–Crippen MR) is 272 cm³/mol. The second-order valence-corrected chi connectivity index (χ2v) is 17.0. The van der Waals surface area contributed by atoms with Crippen LogP contribution in [0.25, 0.3) is 121 Å². The van der Waals surface area contributed by atoms with Gasteiger partial charge >= 0.3 is 0 Å². The Morgan fingerprint density at radius 2 is 0.773 bits per heavy atom. The highest BCUT2D eigenvalue weighted by Gasteiger charge is 2.27. The molecule has 306 valence electrons. The Kier molecular flexibility index (Phi) is 7.65. The summed E-state index contributed by atoms with van der Waals surface area (Å²) in [6.45, 7) is 0. The molecule has 5 aromatic heterocycles. The molecule has 0 unspecified atom stereocenters. The van der Waals surface area contributed by atoms with Gasteiger partial charge in [-0.1, -0.05) is 127 Å². The zero-order valence-electron chi connectivity index (χ0n) is 35.5. The molecule has 5 heterocycles. The van der Waals surface area contributed by atoms with Crippen LogP contribution in [0.3, 0.4) is 0 Å². The first-order chi connectivity index (χ1) is 32.8. The smallest absolute Gasteiger partial charge is 0.0999 e. The van der Waals surface area contributed by atoms with Crippen molar-refractivity contribution in [1.29, 1.82) is 5.26 Å². The molecule has 0 N–H and O–H groups in total. The van der Waals surface area contributed by atoms with Gasteiger partial charge in [0.15, 0.2) is 0 Å². The van der Waals surface area contributed by atoms with Crippen LogP contribution < -0.4 is 0 Å². The van der Waals surface area contributed by atoms with E-state index in [0.717, 1.165) is 99.7 Å². The second kappa shape index (κ2) is 13.9. The van der Waals surface area contributed by atoms with Crippen molar-refractivity contribution in [3.63, 3.8) is 0 Å². The Labute approximate surface area is 378 Å². The standard InChI is InChI=1S/C60H36N6/c61-37-38-17-15-30-51(65-49-28-13-9-24-45(49)56-52(65)34-32-43-41-22-7-11-26-47(41)63(59(43)56)39-18-3-1-4-19-39)55(38)58-54(31-16-36-62-58)66-50-29-14-10-25-46(50)57-53(66)35-33-44-42-23-8-12-27-48(42)64(60(44)57)40-20-5-2-6-21-40/h1-36H. The van der Waals surface area contributed by atoms with Crippen molar-refractivity contribution in [2.45, 2.75) is 0 Å². The van der Waals surface area contributed by atoms with Crippen molar-refractivity contribution in [2.75, 3.05) is 0 Å². The molecule has 0 amide bonds. The maximum absolute atomic E-state index is 11.1. The number of aromatic nitrogens is 5. The van der Waals surface area contributed by atoms with Gasteiger partial charge in [-0.25, -0.2) is 0 Å². The van der Waals surface area contributed by atoms with Crippen molar-refractivity contribution in [1.82, 2.24) is 23.3 Å². The van der Waals surface area contributed by atoms with Gasteiger partial charge in [0, 0.05) is 66.2 Å². The maximum atomic E-state index is 11.1. The zero-order chi connectivity index (χ0) is 43.5. The first-order valence-electron chi connectivity index (χ1n) is 22.3. The molecule has 0 bridgehead atoms. The van der Waals surface area contributed by atoms with E-state index >= 15 is 0 Å². The van der Waals surface area contributed by atoms with Crippen molar-refractivity contribution < 1.29 is 0 Å². The summed E-state index contributed by atoms with van der Waals surface area (Å²) in [6, 6.07) is 77.9. The first kappa shape index (κ1) is 36.3. The fourth-order valence-corrected chi connectivity index (χ4v) is 11.1. The lowest BCUT2D eigenvalue weighted by molar-refractivity contribution is 1.12. The minimum Gasteiger partial charge on any atom is -0.309 e. The number of pyridine rings is 1. The Bertz CT molecular complexity index is 4350. The Balaban J connectivity index is 1.09. The van der Waals surface area contributed by atoms with Gasteiger partial charge in [0.25, 0.3) is 0 Å². The van der Waals surface area contributed by atoms with Gasteiger partial charge < -0.3 is 18.3 Å². The summed E-state index contributed by atoms with van der Waals surface area (Å²) in [4.78, 5) is 5.26. The van der Waals surface area contributed by atoms with Crippen LogP contribution in [0.4, 0.5) is 0 Å². The van der Waals surface area contributed by atoms with Crippen LogP contribution in [-0.2, 0) is 0 Å². The van der Waals surface area contributed by atoms with E-state index in [1.54, 1.807) is 0 Å². The van der Waals surface area contributed by atoms with E-state index in [2.05, 4.69) is 218 Å². The summed E-state index contributed by atoms with van der Waals surface area (Å²) in [6.07, 6.45) is 1.85. The Morgan fingerprint density at radius 3 is 1.29 bits per heavy atom. The molecule has 6 heteroatoms. The second-order valence-electron chi connectivity index (χ2n) is 17.0. The molecule has 66 heavy (non-hydrogen) atoms. The van der Waals surface area contributed by atoms with E-state index in [4.69, 9.17) is 4.98 Å². The predicted octanol–water partition coefficient (Wildman–Crippen LogP) is 15.0. The molecule has 14 aromatic rings. The molecule has 0 aliphatic heterocycles. The molecule has 0 aliphatic rings. The molecule has 0 saturated carbocycles. The number of para-hydroxylation sites is 6. The number of benzene rings is 9. The van der Waals surface area contributed by atoms with Crippen LogP contribution in [0.1, 0.15) is 5.56 Å². The third-order valence-corrected chi connectivity index (χ3v) is 13.6. The summed E-state index contributed by atoms with van der Waals surface area (Å²) in [7, 11) is 0. The summed E-state index contributed by atoms with van der Waals surface area (Å²) in [5.74, 6) is 0. The minimum atomic E-state index is 0.546. The number of hydrogen-bond donors (Lipinski definition) is 0. The van der Waals surface area contributed by atoms with E-state index in [9.17, 15) is 5.26 Å². The summed E-state index contributed by atoms with van der Waals surface area (Å²) in [5, 5.41) is 20.5. The van der Waals surface area contributed by atoms with Crippen LogP contribution in [0.2, 0.25) is 0 Å². The van der Waals surface area contributed by atoms with Crippen LogP contribution in [-0.4, -0.2) is 23.3 Å². The van der Waals surface area contributed by atoms with Gasteiger partial charge in [-0.3, -0.25) is 4.98 Å². The third-order valence-electron chi connectivity index (χ3n) is 13.6. The highest BCUT2D eigenvalue weighted by molar-refractivity contribution is 6.28. The van der Waals surface area contributed by atoms with Gasteiger partial charge in [0.1, 0.15) is 0 Å².